The van der Waals surface area contributed by atoms with Crippen molar-refractivity contribution < 1.29 is 13.2 Å². The number of halogens is 3. The van der Waals surface area contributed by atoms with Gasteiger partial charge >= 0.3 is 6.18 Å². The first-order valence-corrected chi connectivity index (χ1v) is 9.41. The van der Waals surface area contributed by atoms with Crippen LogP contribution in [0.15, 0.2) is 54.7 Å². The van der Waals surface area contributed by atoms with Gasteiger partial charge in [-0.3, -0.25) is 0 Å². The Morgan fingerprint density at radius 3 is 2.34 bits per heavy atom. The van der Waals surface area contributed by atoms with Crippen molar-refractivity contribution in [1.29, 1.82) is 0 Å². The number of alkyl halides is 3. The van der Waals surface area contributed by atoms with Crippen LogP contribution in [0.5, 0.6) is 0 Å². The summed E-state index contributed by atoms with van der Waals surface area (Å²) < 4.78 is 40.2. The molecule has 0 spiro atoms. The van der Waals surface area contributed by atoms with Crippen LogP contribution in [-0.4, -0.2) is 9.97 Å². The molecule has 2 N–H and O–H groups in total. The van der Waals surface area contributed by atoms with Gasteiger partial charge in [-0.2, -0.15) is 18.2 Å². The van der Waals surface area contributed by atoms with Crippen LogP contribution >= 0.6 is 0 Å². The summed E-state index contributed by atoms with van der Waals surface area (Å²) in [5.74, 6) is 0.234. The molecule has 0 aliphatic rings. The molecule has 3 rings (SSSR count). The molecule has 152 valence electrons. The van der Waals surface area contributed by atoms with E-state index in [0.29, 0.717) is 17.3 Å². The lowest BCUT2D eigenvalue weighted by Gasteiger charge is -2.15. The van der Waals surface area contributed by atoms with Gasteiger partial charge < -0.3 is 10.6 Å². The van der Waals surface area contributed by atoms with Crippen molar-refractivity contribution in [1.82, 2.24) is 9.97 Å². The molecule has 0 amide bonds. The minimum atomic E-state index is -4.57. The largest absolute Gasteiger partial charge is 0.421 e. The number of anilines is 4. The number of aromatic nitrogens is 2. The Bertz CT molecular complexity index is 969. The van der Waals surface area contributed by atoms with Gasteiger partial charge in [-0.25, -0.2) is 4.98 Å². The van der Waals surface area contributed by atoms with Crippen LogP contribution < -0.4 is 10.6 Å². The molecule has 2 aromatic carbocycles. The molecular weight excluding hydrogens is 377 g/mol. The monoisotopic (exact) mass is 400 g/mol. The van der Waals surface area contributed by atoms with Crippen LogP contribution in [0.4, 0.5) is 36.3 Å². The van der Waals surface area contributed by atoms with Gasteiger partial charge in [0.25, 0.3) is 0 Å². The van der Waals surface area contributed by atoms with Crippen LogP contribution in [0.3, 0.4) is 0 Å². The van der Waals surface area contributed by atoms with Crippen molar-refractivity contribution in [2.24, 2.45) is 0 Å². The maximum absolute atomic E-state index is 13.4. The van der Waals surface area contributed by atoms with E-state index in [1.807, 2.05) is 37.3 Å². The number of rotatable bonds is 6. The van der Waals surface area contributed by atoms with Crippen molar-refractivity contribution in [2.45, 2.75) is 39.3 Å². The van der Waals surface area contributed by atoms with E-state index in [9.17, 15) is 13.2 Å². The number of aryl methyl sites for hydroxylation is 1. The number of hydrogen-bond acceptors (Lipinski definition) is 4. The molecule has 0 aliphatic carbocycles. The molecule has 0 saturated heterocycles. The van der Waals surface area contributed by atoms with E-state index in [1.165, 1.54) is 5.56 Å². The molecule has 0 radical (unpaired) electrons. The van der Waals surface area contributed by atoms with Crippen molar-refractivity contribution in [3.8, 4) is 0 Å². The highest BCUT2D eigenvalue weighted by molar-refractivity contribution is 5.63. The second kappa shape index (κ2) is 8.51. The highest BCUT2D eigenvalue weighted by atomic mass is 19.4. The first-order chi connectivity index (χ1) is 13.8. The number of nitrogens with zero attached hydrogens (tertiary/aromatic N) is 2. The fraction of sp³-hybridized carbons (Fsp3) is 0.273. The van der Waals surface area contributed by atoms with Crippen LogP contribution in [0, 0.1) is 6.92 Å². The number of nitrogens with one attached hydrogen (secondary N) is 2. The van der Waals surface area contributed by atoms with Crippen LogP contribution in [0.25, 0.3) is 0 Å². The van der Waals surface area contributed by atoms with E-state index >= 15 is 0 Å². The summed E-state index contributed by atoms with van der Waals surface area (Å²) in [6.45, 7) is 6.13. The van der Waals surface area contributed by atoms with Crippen LogP contribution in [-0.2, 0) is 6.18 Å². The summed E-state index contributed by atoms with van der Waals surface area (Å²) in [6, 6.07) is 14.8. The van der Waals surface area contributed by atoms with Gasteiger partial charge in [0.05, 0.1) is 0 Å². The quantitative estimate of drug-likeness (QED) is 0.477. The average molecular weight is 400 g/mol. The van der Waals surface area contributed by atoms with Gasteiger partial charge in [0, 0.05) is 17.6 Å². The summed E-state index contributed by atoms with van der Waals surface area (Å²) in [6.07, 6.45) is -2.74. The average Bonchev–Trinajstić information content (AvgIpc) is 2.67. The third-order valence-electron chi connectivity index (χ3n) is 4.72. The lowest BCUT2D eigenvalue weighted by Crippen LogP contribution is -2.12. The topological polar surface area (TPSA) is 49.8 Å². The minimum Gasteiger partial charge on any atom is -0.340 e. The van der Waals surface area contributed by atoms with Crippen LogP contribution in [0.1, 0.15) is 42.9 Å². The molecule has 29 heavy (non-hydrogen) atoms. The van der Waals surface area contributed by atoms with Gasteiger partial charge in [-0.1, -0.05) is 38.1 Å². The standard InChI is InChI=1S/C22H23F3N4/c1-4-15(3)16-8-10-17(11-9-16)28-21-26-13-19(22(23,24)25)20(29-21)27-18-7-5-6-14(2)12-18/h5-13,15H,4H2,1-3H3,(H2,26,27,28,29). The molecule has 0 aliphatic heterocycles. The van der Waals surface area contributed by atoms with E-state index in [4.69, 9.17) is 0 Å². The van der Waals surface area contributed by atoms with Crippen molar-refractivity contribution in [2.75, 3.05) is 10.6 Å². The molecule has 4 nitrogen and oxygen atoms in total. The van der Waals surface area contributed by atoms with Gasteiger partial charge in [0.2, 0.25) is 5.95 Å². The highest BCUT2D eigenvalue weighted by Crippen LogP contribution is 2.35. The van der Waals surface area contributed by atoms with Gasteiger partial charge in [-0.05, 0) is 54.7 Å². The molecular formula is C22H23F3N4. The van der Waals surface area contributed by atoms with Crippen LogP contribution in [0.2, 0.25) is 0 Å². The van der Waals surface area contributed by atoms with E-state index < -0.39 is 11.7 Å². The van der Waals surface area contributed by atoms with E-state index in [2.05, 4.69) is 34.4 Å². The molecule has 0 bridgehead atoms. The normalized spacial score (nSPS) is 12.5. The van der Waals surface area contributed by atoms with Gasteiger partial charge in [-0.15, -0.1) is 0 Å². The lowest BCUT2D eigenvalue weighted by atomic mass is 9.99. The fourth-order valence-corrected chi connectivity index (χ4v) is 2.86. The summed E-state index contributed by atoms with van der Waals surface area (Å²) in [5.41, 5.74) is 2.44. The van der Waals surface area contributed by atoms with E-state index in [1.54, 1.807) is 18.2 Å². The number of benzene rings is 2. The molecule has 1 unspecified atom stereocenters. The van der Waals surface area contributed by atoms with Gasteiger partial charge in [0.1, 0.15) is 11.4 Å². The summed E-state index contributed by atoms with van der Waals surface area (Å²) in [4.78, 5) is 7.93. The minimum absolute atomic E-state index is 0.0874. The molecule has 1 aromatic heterocycles. The van der Waals surface area contributed by atoms with Crippen molar-refractivity contribution in [3.63, 3.8) is 0 Å². The van der Waals surface area contributed by atoms with Crippen molar-refractivity contribution >= 4 is 23.1 Å². The summed E-state index contributed by atoms with van der Waals surface area (Å²) in [5, 5.41) is 5.74. The zero-order chi connectivity index (χ0) is 21.0. The number of hydrogen-bond donors (Lipinski definition) is 2. The maximum atomic E-state index is 13.4. The SMILES string of the molecule is CCC(C)c1ccc(Nc2ncc(C(F)(F)F)c(Nc3cccc(C)c3)n2)cc1. The van der Waals surface area contributed by atoms with E-state index in [-0.39, 0.29) is 11.8 Å². The Hall–Kier alpha value is -3.09. The molecule has 1 atom stereocenters. The molecule has 1 heterocycles. The predicted octanol–water partition coefficient (Wildman–Crippen LogP) is 6.80. The summed E-state index contributed by atoms with van der Waals surface area (Å²) in [7, 11) is 0. The first-order valence-electron chi connectivity index (χ1n) is 9.41. The molecule has 0 fully saturated rings. The molecule has 0 saturated carbocycles. The smallest absolute Gasteiger partial charge is 0.340 e. The first kappa shape index (κ1) is 20.6. The Labute approximate surface area is 168 Å². The van der Waals surface area contributed by atoms with Crippen molar-refractivity contribution in [3.05, 3.63) is 71.4 Å². The second-order valence-corrected chi connectivity index (χ2v) is 7.00. The maximum Gasteiger partial charge on any atom is 0.421 e. The second-order valence-electron chi connectivity index (χ2n) is 7.00. The summed E-state index contributed by atoms with van der Waals surface area (Å²) >= 11 is 0. The Morgan fingerprint density at radius 2 is 1.72 bits per heavy atom. The zero-order valence-corrected chi connectivity index (χ0v) is 16.5. The lowest BCUT2D eigenvalue weighted by molar-refractivity contribution is -0.137. The third kappa shape index (κ3) is 5.25. The molecule has 3 aromatic rings. The van der Waals surface area contributed by atoms with Gasteiger partial charge in [0.15, 0.2) is 0 Å². The molecule has 7 heteroatoms. The predicted molar refractivity (Wildman–Crippen MR) is 110 cm³/mol. The third-order valence-corrected chi connectivity index (χ3v) is 4.72. The highest BCUT2D eigenvalue weighted by Gasteiger charge is 2.35. The Balaban J connectivity index is 1.88. The zero-order valence-electron chi connectivity index (χ0n) is 16.5. The fourth-order valence-electron chi connectivity index (χ4n) is 2.86. The Morgan fingerprint density at radius 1 is 1.00 bits per heavy atom. The van der Waals surface area contributed by atoms with E-state index in [0.717, 1.165) is 18.2 Å². The Kier molecular flexibility index (Phi) is 6.06.